The molecule has 2 rings (SSSR count). The van der Waals surface area contributed by atoms with Crippen molar-refractivity contribution in [1.82, 2.24) is 4.90 Å². The normalized spacial score (nSPS) is 14.4. The summed E-state index contributed by atoms with van der Waals surface area (Å²) in [6.07, 6.45) is 0.533. The second-order valence-corrected chi connectivity index (χ2v) is 3.82. The minimum absolute atomic E-state index is 0.240. The summed E-state index contributed by atoms with van der Waals surface area (Å²) in [4.78, 5) is 13.2. The molecule has 4 heteroatoms. The van der Waals surface area contributed by atoms with Gasteiger partial charge in [-0.1, -0.05) is 6.07 Å². The fraction of sp³-hybridized carbons (Fsp3) is 0.417. The van der Waals surface area contributed by atoms with Gasteiger partial charge in [0.1, 0.15) is 5.75 Å². The van der Waals surface area contributed by atoms with Gasteiger partial charge < -0.3 is 14.7 Å². The van der Waals surface area contributed by atoms with Crippen molar-refractivity contribution < 1.29 is 14.6 Å². The van der Waals surface area contributed by atoms with Crippen molar-refractivity contribution in [3.05, 3.63) is 29.3 Å². The average Bonchev–Trinajstić information content (AvgIpc) is 2.28. The van der Waals surface area contributed by atoms with Gasteiger partial charge >= 0.3 is 6.09 Å². The quantitative estimate of drug-likeness (QED) is 0.788. The molecule has 1 N–H and O–H groups in total. The number of nitrogens with zero attached hydrogens (tertiary/aromatic N) is 1. The van der Waals surface area contributed by atoms with Gasteiger partial charge in [0, 0.05) is 13.1 Å². The standard InChI is InChI=1S/C12H15NO3/c1-2-16-12(15)13-6-5-9-3-4-11(14)7-10(9)8-13/h3-4,7,14H,2,5-6,8H2,1H3. The van der Waals surface area contributed by atoms with Crippen molar-refractivity contribution >= 4 is 6.09 Å². The predicted octanol–water partition coefficient (Wildman–Crippen LogP) is 1.91. The maximum absolute atomic E-state index is 11.5. The lowest BCUT2D eigenvalue weighted by molar-refractivity contribution is 0.102. The van der Waals surface area contributed by atoms with E-state index < -0.39 is 0 Å². The van der Waals surface area contributed by atoms with Crippen LogP contribution in [0.15, 0.2) is 18.2 Å². The Kier molecular flexibility index (Phi) is 2.99. The minimum atomic E-state index is -0.281. The number of phenolic OH excluding ortho intramolecular Hbond substituents is 1. The van der Waals surface area contributed by atoms with Gasteiger partial charge in [0.15, 0.2) is 0 Å². The highest BCUT2D eigenvalue weighted by molar-refractivity contribution is 5.68. The van der Waals surface area contributed by atoms with Crippen molar-refractivity contribution in [3.63, 3.8) is 0 Å². The molecule has 0 spiro atoms. The molecular weight excluding hydrogens is 206 g/mol. The smallest absolute Gasteiger partial charge is 0.410 e. The summed E-state index contributed by atoms with van der Waals surface area (Å²) in [7, 11) is 0. The molecule has 1 aromatic rings. The van der Waals surface area contributed by atoms with Crippen LogP contribution in [0.25, 0.3) is 0 Å². The van der Waals surface area contributed by atoms with Crippen molar-refractivity contribution in [2.45, 2.75) is 19.9 Å². The molecule has 0 radical (unpaired) electrons. The molecule has 1 aromatic carbocycles. The summed E-state index contributed by atoms with van der Waals surface area (Å²) >= 11 is 0. The third-order valence-corrected chi connectivity index (χ3v) is 2.73. The zero-order chi connectivity index (χ0) is 11.5. The Morgan fingerprint density at radius 2 is 2.31 bits per heavy atom. The molecule has 0 unspecified atom stereocenters. The van der Waals surface area contributed by atoms with Crippen molar-refractivity contribution in [2.75, 3.05) is 13.2 Å². The zero-order valence-electron chi connectivity index (χ0n) is 9.27. The highest BCUT2D eigenvalue weighted by Crippen LogP contribution is 2.23. The topological polar surface area (TPSA) is 49.8 Å². The molecule has 0 fully saturated rings. The minimum Gasteiger partial charge on any atom is -0.508 e. The largest absolute Gasteiger partial charge is 0.508 e. The van der Waals surface area contributed by atoms with Gasteiger partial charge in [0.25, 0.3) is 0 Å². The Balaban J connectivity index is 2.13. The molecule has 1 aliphatic rings. The third kappa shape index (κ3) is 2.10. The average molecular weight is 221 g/mol. The number of phenols is 1. The maximum Gasteiger partial charge on any atom is 0.410 e. The van der Waals surface area contributed by atoms with Crippen LogP contribution in [0, 0.1) is 0 Å². The highest BCUT2D eigenvalue weighted by atomic mass is 16.6. The van der Waals surface area contributed by atoms with Crippen LogP contribution in [0.2, 0.25) is 0 Å². The maximum atomic E-state index is 11.5. The van der Waals surface area contributed by atoms with E-state index >= 15 is 0 Å². The molecular formula is C12H15NO3. The number of fused-ring (bicyclic) bond motifs is 1. The van der Waals surface area contributed by atoms with Crippen molar-refractivity contribution in [1.29, 1.82) is 0 Å². The SMILES string of the molecule is CCOC(=O)N1CCc2ccc(O)cc2C1. The van der Waals surface area contributed by atoms with E-state index in [1.807, 2.05) is 6.07 Å². The van der Waals surface area contributed by atoms with Gasteiger partial charge in [-0.05, 0) is 36.6 Å². The Bertz CT molecular complexity index is 403. The number of rotatable bonds is 1. The van der Waals surface area contributed by atoms with Crippen molar-refractivity contribution in [3.8, 4) is 5.75 Å². The molecule has 0 saturated heterocycles. The van der Waals surface area contributed by atoms with Gasteiger partial charge in [0.2, 0.25) is 0 Å². The Hall–Kier alpha value is -1.71. The monoisotopic (exact) mass is 221 g/mol. The van der Waals surface area contributed by atoms with Crippen LogP contribution in [0.5, 0.6) is 5.75 Å². The lowest BCUT2D eigenvalue weighted by atomic mass is 10.00. The van der Waals surface area contributed by atoms with Crippen molar-refractivity contribution in [2.24, 2.45) is 0 Å². The first-order valence-electron chi connectivity index (χ1n) is 5.43. The van der Waals surface area contributed by atoms with Crippen LogP contribution in [0.4, 0.5) is 4.79 Å². The summed E-state index contributed by atoms with van der Waals surface area (Å²) in [5.74, 6) is 0.240. The summed E-state index contributed by atoms with van der Waals surface area (Å²) in [5, 5.41) is 9.38. The first kappa shape index (κ1) is 10.8. The third-order valence-electron chi connectivity index (χ3n) is 2.73. The Morgan fingerprint density at radius 1 is 1.50 bits per heavy atom. The first-order valence-corrected chi connectivity index (χ1v) is 5.43. The van der Waals surface area contributed by atoms with E-state index in [-0.39, 0.29) is 11.8 Å². The predicted molar refractivity (Wildman–Crippen MR) is 59.2 cm³/mol. The molecule has 1 amide bonds. The van der Waals surface area contributed by atoms with Gasteiger partial charge in [-0.3, -0.25) is 0 Å². The van der Waals surface area contributed by atoms with E-state index in [1.54, 1.807) is 24.0 Å². The molecule has 1 heterocycles. The van der Waals surface area contributed by atoms with E-state index in [4.69, 9.17) is 4.74 Å². The van der Waals surface area contributed by atoms with Gasteiger partial charge in [0.05, 0.1) is 6.61 Å². The molecule has 1 aliphatic heterocycles. The van der Waals surface area contributed by atoms with E-state index in [2.05, 4.69) is 0 Å². The number of benzene rings is 1. The lowest BCUT2D eigenvalue weighted by Crippen LogP contribution is -2.36. The van der Waals surface area contributed by atoms with Crippen LogP contribution < -0.4 is 0 Å². The summed E-state index contributed by atoms with van der Waals surface area (Å²) in [6, 6.07) is 5.30. The highest BCUT2D eigenvalue weighted by Gasteiger charge is 2.21. The fourth-order valence-electron chi connectivity index (χ4n) is 1.91. The first-order chi connectivity index (χ1) is 7.70. The van der Waals surface area contributed by atoms with Crippen LogP contribution in [0.1, 0.15) is 18.1 Å². The van der Waals surface area contributed by atoms with Gasteiger partial charge in [-0.25, -0.2) is 4.79 Å². The van der Waals surface area contributed by atoms with Gasteiger partial charge in [-0.15, -0.1) is 0 Å². The number of hydrogen-bond donors (Lipinski definition) is 1. The van der Waals surface area contributed by atoms with Gasteiger partial charge in [-0.2, -0.15) is 0 Å². The molecule has 0 aromatic heterocycles. The van der Waals surface area contributed by atoms with Crippen LogP contribution in [-0.2, 0) is 17.7 Å². The summed E-state index contributed by atoms with van der Waals surface area (Å²) in [6.45, 7) is 3.38. The number of carbonyl (C=O) groups excluding carboxylic acids is 1. The van der Waals surface area contributed by atoms with Crippen LogP contribution in [-0.4, -0.2) is 29.3 Å². The molecule has 0 saturated carbocycles. The fourth-order valence-corrected chi connectivity index (χ4v) is 1.91. The number of ether oxygens (including phenoxy) is 1. The van der Waals surface area contributed by atoms with E-state index in [9.17, 15) is 9.90 Å². The number of aromatic hydroxyl groups is 1. The number of amides is 1. The van der Waals surface area contributed by atoms with Crippen LogP contribution >= 0.6 is 0 Å². The summed E-state index contributed by atoms with van der Waals surface area (Å²) < 4.78 is 4.95. The zero-order valence-corrected chi connectivity index (χ0v) is 9.27. The molecule has 0 aliphatic carbocycles. The van der Waals surface area contributed by atoms with E-state index in [0.717, 1.165) is 12.0 Å². The Morgan fingerprint density at radius 3 is 3.06 bits per heavy atom. The molecule has 0 bridgehead atoms. The lowest BCUT2D eigenvalue weighted by Gasteiger charge is -2.28. The molecule has 0 atom stereocenters. The summed E-state index contributed by atoms with van der Waals surface area (Å²) in [5.41, 5.74) is 2.19. The molecule has 16 heavy (non-hydrogen) atoms. The van der Waals surface area contributed by atoms with E-state index in [0.29, 0.717) is 19.7 Å². The number of hydrogen-bond acceptors (Lipinski definition) is 3. The molecule has 86 valence electrons. The Labute approximate surface area is 94.4 Å². The van der Waals surface area contributed by atoms with Crippen LogP contribution in [0.3, 0.4) is 0 Å². The molecule has 4 nitrogen and oxygen atoms in total. The number of carbonyl (C=O) groups is 1. The van der Waals surface area contributed by atoms with E-state index in [1.165, 1.54) is 5.56 Å². The second kappa shape index (κ2) is 4.43. The second-order valence-electron chi connectivity index (χ2n) is 3.82.